The van der Waals surface area contributed by atoms with Crippen molar-refractivity contribution < 1.29 is 14.3 Å². The summed E-state index contributed by atoms with van der Waals surface area (Å²) in [7, 11) is 0. The molecule has 3 rings (SSSR count). The fraction of sp³-hybridized carbons (Fsp3) is 0.412. The molecule has 0 bridgehead atoms. The highest BCUT2D eigenvalue weighted by atomic mass is 16.5. The fourth-order valence-electron chi connectivity index (χ4n) is 3.14. The first-order valence-corrected chi connectivity index (χ1v) is 7.62. The van der Waals surface area contributed by atoms with Crippen molar-refractivity contribution in [3.05, 3.63) is 48.0 Å². The lowest BCUT2D eigenvalue weighted by atomic mass is 10.1. The maximum atomic E-state index is 12.4. The van der Waals surface area contributed by atoms with E-state index >= 15 is 0 Å². The summed E-state index contributed by atoms with van der Waals surface area (Å²) in [5.74, 6) is -0.522. The van der Waals surface area contributed by atoms with Crippen LogP contribution in [-0.2, 0) is 20.9 Å². The molecule has 1 unspecified atom stereocenters. The van der Waals surface area contributed by atoms with Crippen LogP contribution in [0.1, 0.15) is 24.8 Å². The summed E-state index contributed by atoms with van der Waals surface area (Å²) in [6, 6.07) is 8.42. The van der Waals surface area contributed by atoms with Crippen LogP contribution in [0.5, 0.6) is 0 Å². The van der Waals surface area contributed by atoms with E-state index in [2.05, 4.69) is 0 Å². The smallest absolute Gasteiger partial charge is 0.329 e. The molecule has 0 radical (unpaired) electrons. The van der Waals surface area contributed by atoms with Gasteiger partial charge in [-0.2, -0.15) is 0 Å². The maximum Gasteiger partial charge on any atom is 0.329 e. The summed E-state index contributed by atoms with van der Waals surface area (Å²) < 4.78 is 5.39. The predicted molar refractivity (Wildman–Crippen MR) is 81.6 cm³/mol. The molecule has 116 valence electrons. The summed E-state index contributed by atoms with van der Waals surface area (Å²) in [6.07, 6.45) is 5.86. The average molecular weight is 300 g/mol. The number of carbonyl (C=O) groups is 2. The van der Waals surface area contributed by atoms with E-state index in [1.807, 2.05) is 36.4 Å². The molecule has 0 spiro atoms. The Balaban J connectivity index is 1.66. The van der Waals surface area contributed by atoms with Gasteiger partial charge in [0.25, 0.3) is 0 Å². The number of hydrogen-bond acceptors (Lipinski definition) is 4. The molecule has 3 atom stereocenters. The molecule has 0 aromatic heterocycles. The highest BCUT2D eigenvalue weighted by molar-refractivity contribution is 5.90. The zero-order valence-corrected chi connectivity index (χ0v) is 12.4. The van der Waals surface area contributed by atoms with Crippen LogP contribution in [0.2, 0.25) is 0 Å². The Labute approximate surface area is 129 Å². The molecule has 2 N–H and O–H groups in total. The van der Waals surface area contributed by atoms with Gasteiger partial charge in [-0.3, -0.25) is 4.79 Å². The van der Waals surface area contributed by atoms with Gasteiger partial charge in [-0.1, -0.05) is 42.5 Å². The zero-order valence-electron chi connectivity index (χ0n) is 12.4. The highest BCUT2D eigenvalue weighted by Gasteiger charge is 2.43. The lowest BCUT2D eigenvalue weighted by Gasteiger charge is -2.28. The summed E-state index contributed by atoms with van der Waals surface area (Å²) in [6.45, 7) is 0.229. The number of rotatable bonds is 3. The van der Waals surface area contributed by atoms with Gasteiger partial charge in [-0.05, 0) is 24.8 Å². The van der Waals surface area contributed by atoms with Crippen molar-refractivity contribution in [2.24, 2.45) is 5.73 Å². The molecule has 0 saturated carbocycles. The monoisotopic (exact) mass is 300 g/mol. The van der Waals surface area contributed by atoms with Crippen LogP contribution < -0.4 is 5.73 Å². The van der Waals surface area contributed by atoms with Crippen LogP contribution >= 0.6 is 0 Å². The Morgan fingerprint density at radius 2 is 2.05 bits per heavy atom. The van der Waals surface area contributed by atoms with Crippen LogP contribution in [0.15, 0.2) is 42.5 Å². The van der Waals surface area contributed by atoms with E-state index < -0.39 is 12.1 Å². The quantitative estimate of drug-likeness (QED) is 0.676. The van der Waals surface area contributed by atoms with Crippen molar-refractivity contribution in [3.63, 3.8) is 0 Å². The Hall–Kier alpha value is -2.14. The van der Waals surface area contributed by atoms with E-state index in [0.717, 1.165) is 18.4 Å². The topological polar surface area (TPSA) is 72.6 Å². The van der Waals surface area contributed by atoms with E-state index in [-0.39, 0.29) is 24.5 Å². The van der Waals surface area contributed by atoms with Gasteiger partial charge < -0.3 is 15.4 Å². The largest absolute Gasteiger partial charge is 0.459 e. The first-order chi connectivity index (χ1) is 10.7. The van der Waals surface area contributed by atoms with Gasteiger partial charge in [0.15, 0.2) is 0 Å². The summed E-state index contributed by atoms with van der Waals surface area (Å²) in [5.41, 5.74) is 6.77. The molecule has 0 aliphatic carbocycles. The average Bonchev–Trinajstić information content (AvgIpc) is 2.91. The van der Waals surface area contributed by atoms with Gasteiger partial charge in [0.05, 0.1) is 0 Å². The van der Waals surface area contributed by atoms with Gasteiger partial charge >= 0.3 is 5.97 Å². The number of carbonyl (C=O) groups excluding carboxylic acids is 2. The first-order valence-electron chi connectivity index (χ1n) is 7.62. The summed E-state index contributed by atoms with van der Waals surface area (Å²) in [4.78, 5) is 26.4. The van der Waals surface area contributed by atoms with Crippen molar-refractivity contribution in [2.45, 2.75) is 44.0 Å². The van der Waals surface area contributed by atoms with Crippen molar-refractivity contribution >= 4 is 11.9 Å². The van der Waals surface area contributed by atoms with E-state index in [1.54, 1.807) is 11.0 Å². The van der Waals surface area contributed by atoms with Crippen molar-refractivity contribution in [1.29, 1.82) is 0 Å². The van der Waals surface area contributed by atoms with Crippen molar-refractivity contribution in [2.75, 3.05) is 0 Å². The Kier molecular flexibility index (Phi) is 4.24. The summed E-state index contributed by atoms with van der Waals surface area (Å²) in [5, 5.41) is 0. The Morgan fingerprint density at radius 1 is 1.27 bits per heavy atom. The number of esters is 1. The molecule has 1 aromatic rings. The minimum atomic E-state index is -0.660. The molecule has 1 saturated heterocycles. The van der Waals surface area contributed by atoms with Gasteiger partial charge in [-0.25, -0.2) is 4.79 Å². The second-order valence-electron chi connectivity index (χ2n) is 5.78. The zero-order chi connectivity index (χ0) is 15.5. The fourth-order valence-corrected chi connectivity index (χ4v) is 3.14. The third-order valence-corrected chi connectivity index (χ3v) is 4.29. The molecule has 22 heavy (non-hydrogen) atoms. The Morgan fingerprint density at radius 3 is 2.82 bits per heavy atom. The highest BCUT2D eigenvalue weighted by Crippen LogP contribution is 2.30. The first kappa shape index (κ1) is 14.8. The van der Waals surface area contributed by atoms with Crippen LogP contribution in [0.25, 0.3) is 0 Å². The van der Waals surface area contributed by atoms with E-state index in [1.165, 1.54) is 0 Å². The number of hydrogen-bond donors (Lipinski definition) is 1. The van der Waals surface area contributed by atoms with Gasteiger partial charge in [0.1, 0.15) is 18.7 Å². The minimum Gasteiger partial charge on any atom is -0.459 e. The van der Waals surface area contributed by atoms with E-state index in [9.17, 15) is 9.59 Å². The lowest BCUT2D eigenvalue weighted by molar-refractivity contribution is -0.155. The summed E-state index contributed by atoms with van der Waals surface area (Å²) >= 11 is 0. The van der Waals surface area contributed by atoms with Crippen LogP contribution in [0.3, 0.4) is 0 Å². The molecule has 5 heteroatoms. The van der Waals surface area contributed by atoms with Crippen molar-refractivity contribution in [1.82, 2.24) is 4.90 Å². The third kappa shape index (κ3) is 2.90. The maximum absolute atomic E-state index is 12.4. The molecule has 5 nitrogen and oxygen atoms in total. The van der Waals surface area contributed by atoms with Gasteiger partial charge in [0, 0.05) is 6.04 Å². The number of nitrogens with zero attached hydrogens (tertiary/aromatic N) is 1. The second-order valence-corrected chi connectivity index (χ2v) is 5.78. The van der Waals surface area contributed by atoms with Crippen molar-refractivity contribution in [3.8, 4) is 0 Å². The van der Waals surface area contributed by atoms with Gasteiger partial charge in [0.2, 0.25) is 5.91 Å². The lowest BCUT2D eigenvalue weighted by Crippen LogP contribution is -2.50. The van der Waals surface area contributed by atoms with E-state index in [0.29, 0.717) is 6.42 Å². The molecule has 2 aliphatic rings. The Bertz CT molecular complexity index is 585. The molecule has 2 heterocycles. The number of nitrogens with two attached hydrogens (primary N) is 1. The third-order valence-electron chi connectivity index (χ3n) is 4.29. The van der Waals surface area contributed by atoms with E-state index in [4.69, 9.17) is 10.5 Å². The minimum absolute atomic E-state index is 0.0616. The molecular formula is C17H20N2O3. The SMILES string of the molecule is N[C@H]1C=CCC2CC[C@@H](C(=O)OCc3ccccc3)N2C1=O. The molecule has 1 amide bonds. The molecular weight excluding hydrogens is 280 g/mol. The van der Waals surface area contributed by atoms with Crippen LogP contribution in [0.4, 0.5) is 0 Å². The molecule has 2 aliphatic heterocycles. The standard InChI is InChI=1S/C17H20N2O3/c18-14-8-4-7-13-9-10-15(19(13)16(14)20)17(21)22-11-12-5-2-1-3-6-12/h1-6,8,13-15H,7,9-11,18H2/t13?,14-,15-/m0/s1. The molecule has 1 aromatic carbocycles. The predicted octanol–water partition coefficient (Wildman–Crippen LogP) is 1.38. The number of ether oxygens (including phenoxy) is 1. The molecule has 1 fully saturated rings. The number of fused-ring (bicyclic) bond motifs is 1. The van der Waals surface area contributed by atoms with Crippen LogP contribution in [0, 0.1) is 0 Å². The number of benzene rings is 1. The van der Waals surface area contributed by atoms with Gasteiger partial charge in [-0.15, -0.1) is 0 Å². The second kappa shape index (κ2) is 6.32. The normalized spacial score (nSPS) is 27.4. The number of amides is 1. The van der Waals surface area contributed by atoms with Crippen LogP contribution in [-0.4, -0.2) is 34.9 Å².